The summed E-state index contributed by atoms with van der Waals surface area (Å²) < 4.78 is 5.13. The third-order valence-corrected chi connectivity index (χ3v) is 5.54. The highest BCUT2D eigenvalue weighted by Crippen LogP contribution is 2.26. The molecule has 0 heterocycles. The van der Waals surface area contributed by atoms with Gasteiger partial charge in [0.2, 0.25) is 4.91 Å². The zero-order valence-corrected chi connectivity index (χ0v) is 15.8. The van der Waals surface area contributed by atoms with E-state index in [1.165, 1.54) is 21.6 Å². The number of amides is 1. The van der Waals surface area contributed by atoms with Crippen molar-refractivity contribution >= 4 is 39.3 Å². The Hall–Kier alpha value is -2.07. The number of hydrogen-bond acceptors (Lipinski definition) is 9. The van der Waals surface area contributed by atoms with Gasteiger partial charge in [-0.25, -0.2) is 4.79 Å². The fourth-order valence-corrected chi connectivity index (χ4v) is 3.88. The molecular formula is C15H21N5O4S2. The summed E-state index contributed by atoms with van der Waals surface area (Å²) in [7, 11) is 3.06. The van der Waals surface area contributed by atoms with Gasteiger partial charge in [-0.15, -0.1) is 0 Å². The molecule has 0 aromatic heterocycles. The average Bonchev–Trinajstić information content (AvgIpc) is 2.63. The van der Waals surface area contributed by atoms with Gasteiger partial charge in [0, 0.05) is 17.8 Å². The molecule has 0 bridgehead atoms. The van der Waals surface area contributed by atoms with Gasteiger partial charge >= 0.3 is 6.09 Å². The lowest BCUT2D eigenvalue weighted by molar-refractivity contribution is -0.307. The molecule has 0 aliphatic carbocycles. The van der Waals surface area contributed by atoms with Gasteiger partial charge in [0.25, 0.3) is 0 Å². The Morgan fingerprint density at radius 2 is 2.08 bits per heavy atom. The van der Waals surface area contributed by atoms with Gasteiger partial charge in [0.1, 0.15) is 12.1 Å². The highest BCUT2D eigenvalue weighted by atomic mass is 33.1. The Balaban J connectivity index is 2.37. The summed E-state index contributed by atoms with van der Waals surface area (Å²) in [6, 6.07) is 5.78. The second-order valence-corrected chi connectivity index (χ2v) is 7.98. The summed E-state index contributed by atoms with van der Waals surface area (Å²) in [5, 5.41) is 16.9. The second kappa shape index (κ2) is 12.3. The minimum Gasteiger partial charge on any atom is -0.548 e. The van der Waals surface area contributed by atoms with Crippen molar-refractivity contribution in [2.24, 2.45) is 10.8 Å². The molecule has 1 rings (SSSR count). The zero-order valence-electron chi connectivity index (χ0n) is 14.2. The lowest BCUT2D eigenvalue weighted by Gasteiger charge is -2.18. The molecule has 0 saturated carbocycles. The van der Waals surface area contributed by atoms with E-state index in [4.69, 9.17) is 16.0 Å². The number of carbonyl (C=O) groups is 2. The number of nitrogens with one attached hydrogen (secondary N) is 2. The van der Waals surface area contributed by atoms with E-state index in [0.717, 1.165) is 5.56 Å². The number of carboxylic acid groups (broad SMARTS) is 1. The van der Waals surface area contributed by atoms with E-state index >= 15 is 0 Å². The molecule has 0 radical (unpaired) electrons. The number of ether oxygens (including phenoxy) is 1. The molecule has 4 N–H and O–H groups in total. The van der Waals surface area contributed by atoms with E-state index in [-0.39, 0.29) is 18.3 Å². The van der Waals surface area contributed by atoms with Crippen molar-refractivity contribution in [2.45, 2.75) is 30.7 Å². The third kappa shape index (κ3) is 8.86. The molecule has 11 heteroatoms. The van der Waals surface area contributed by atoms with Crippen molar-refractivity contribution in [3.05, 3.63) is 29.8 Å². The van der Waals surface area contributed by atoms with Crippen LogP contribution < -0.4 is 21.1 Å². The minimum absolute atomic E-state index is 0.0115. The van der Waals surface area contributed by atoms with Gasteiger partial charge in [0.15, 0.2) is 10.8 Å². The van der Waals surface area contributed by atoms with Crippen LogP contribution in [0.4, 0.5) is 10.5 Å². The van der Waals surface area contributed by atoms with Crippen molar-refractivity contribution in [1.29, 1.82) is 5.53 Å². The van der Waals surface area contributed by atoms with Gasteiger partial charge in [0.05, 0.1) is 5.97 Å². The molecule has 1 amide bonds. The maximum absolute atomic E-state index is 11.8. The normalized spacial score (nSPS) is 12.5. The summed E-state index contributed by atoms with van der Waals surface area (Å²) in [6.45, 7) is 0.437. The topological polar surface area (TPSA) is 155 Å². The van der Waals surface area contributed by atoms with Gasteiger partial charge < -0.3 is 25.7 Å². The standard InChI is InChI=1S/C15H21N5O4S2/c1-25-26-12(6-7-13(16)14(21)22)8-18-15(23)24-9-10-2-4-11(5-3-10)19-20-17/h2-5,12-13,17H,6-9,16H2,1H3,(H-,18,21,22,23). The Bertz CT molecular complexity index is 637. The number of aliphatic carboxylic acids is 1. The molecular weight excluding hydrogens is 378 g/mol. The molecule has 1 aromatic rings. The number of nitrogens with two attached hydrogens (primary N) is 1. The number of benzene rings is 1. The summed E-state index contributed by atoms with van der Waals surface area (Å²) in [5.74, 6) is -1.28. The molecule has 0 spiro atoms. The molecule has 0 aliphatic heterocycles. The van der Waals surface area contributed by atoms with Gasteiger partial charge in [-0.1, -0.05) is 33.7 Å². The van der Waals surface area contributed by atoms with Crippen LogP contribution in [0.1, 0.15) is 18.4 Å². The summed E-state index contributed by atoms with van der Waals surface area (Å²) >= 11 is 0. The summed E-state index contributed by atoms with van der Waals surface area (Å²) in [4.78, 5) is 25.4. The highest BCUT2D eigenvalue weighted by molar-refractivity contribution is 8.76. The van der Waals surface area contributed by atoms with Crippen molar-refractivity contribution in [3.63, 3.8) is 0 Å². The van der Waals surface area contributed by atoms with Crippen LogP contribution in [-0.4, -0.2) is 36.2 Å². The van der Waals surface area contributed by atoms with Crippen LogP contribution in [0.15, 0.2) is 29.4 Å². The smallest absolute Gasteiger partial charge is 0.407 e. The Morgan fingerprint density at radius 3 is 2.65 bits per heavy atom. The molecule has 0 saturated heterocycles. The van der Waals surface area contributed by atoms with Crippen LogP contribution >= 0.6 is 21.6 Å². The first-order valence-electron chi connectivity index (χ1n) is 7.69. The quantitative estimate of drug-likeness (QED) is 0.288. The Morgan fingerprint density at radius 1 is 1.38 bits per heavy atom. The summed E-state index contributed by atoms with van der Waals surface area (Å²) in [6.07, 6.45) is 2.15. The van der Waals surface area contributed by atoms with Crippen LogP contribution in [0.2, 0.25) is 0 Å². The average molecular weight is 399 g/mol. The number of rotatable bonds is 11. The monoisotopic (exact) mass is 399 g/mol. The van der Waals surface area contributed by atoms with E-state index in [9.17, 15) is 14.7 Å². The van der Waals surface area contributed by atoms with Crippen molar-refractivity contribution in [1.82, 2.24) is 10.2 Å². The molecule has 2 atom stereocenters. The third-order valence-electron chi connectivity index (χ3n) is 3.28. The van der Waals surface area contributed by atoms with E-state index in [0.29, 0.717) is 18.7 Å². The number of carbonyl (C=O) groups excluding carboxylic acids is 2. The van der Waals surface area contributed by atoms with Crippen molar-refractivity contribution in [2.75, 3.05) is 12.8 Å². The van der Waals surface area contributed by atoms with Crippen molar-refractivity contribution in [3.8, 4) is 0 Å². The van der Waals surface area contributed by atoms with Gasteiger partial charge in [-0.05, 0) is 36.8 Å². The van der Waals surface area contributed by atoms with Crippen LogP contribution in [0.3, 0.4) is 0 Å². The van der Waals surface area contributed by atoms with E-state index in [1.807, 2.05) is 6.26 Å². The number of alkyl carbamates (subject to hydrolysis) is 1. The minimum atomic E-state index is -1.28. The van der Waals surface area contributed by atoms with E-state index in [2.05, 4.69) is 15.3 Å². The van der Waals surface area contributed by atoms with Crippen LogP contribution in [-0.2, 0) is 16.1 Å². The number of carboxylic acids is 1. The first kappa shape index (κ1) is 22.0. The van der Waals surface area contributed by atoms with E-state index in [1.54, 1.807) is 24.3 Å². The fraction of sp³-hybridized carbons (Fsp3) is 0.467. The SMILES string of the molecule is CSSC(CCC(N)C(=O)[O-])CNC(=O)OCc1ccc(N=[N+]=N)cc1. The van der Waals surface area contributed by atoms with Crippen LogP contribution in [0, 0.1) is 5.53 Å². The van der Waals surface area contributed by atoms with Crippen LogP contribution in [0.25, 0.3) is 0 Å². The lowest BCUT2D eigenvalue weighted by atomic mass is 10.1. The maximum atomic E-state index is 11.8. The molecule has 1 aromatic carbocycles. The highest BCUT2D eigenvalue weighted by Gasteiger charge is 2.14. The first-order valence-corrected chi connectivity index (χ1v) is 10.3. The van der Waals surface area contributed by atoms with Gasteiger partial charge in [-0.2, -0.15) is 0 Å². The molecule has 0 aliphatic rings. The molecule has 26 heavy (non-hydrogen) atoms. The molecule has 142 valence electrons. The zero-order chi connectivity index (χ0) is 19.4. The molecule has 2 unspecified atom stereocenters. The maximum Gasteiger partial charge on any atom is 0.407 e. The van der Waals surface area contributed by atoms with Gasteiger partial charge in [-0.3, -0.25) is 0 Å². The number of hydrogen-bond donors (Lipinski definition) is 3. The number of nitrogens with zero attached hydrogens (tertiary/aromatic N) is 2. The Labute approximate surface area is 159 Å². The predicted octanol–water partition coefficient (Wildman–Crippen LogP) is 1.33. The second-order valence-electron chi connectivity index (χ2n) is 5.21. The predicted molar refractivity (Wildman–Crippen MR) is 98.7 cm³/mol. The van der Waals surface area contributed by atoms with E-state index < -0.39 is 18.1 Å². The molecule has 0 fully saturated rings. The molecule has 9 nitrogen and oxygen atoms in total. The Kier molecular flexibility index (Phi) is 10.4. The summed E-state index contributed by atoms with van der Waals surface area (Å²) in [5.41, 5.74) is 13.4. The lowest BCUT2D eigenvalue weighted by Crippen LogP contribution is -2.42. The largest absolute Gasteiger partial charge is 0.548 e. The van der Waals surface area contributed by atoms with Crippen LogP contribution in [0.5, 0.6) is 0 Å². The van der Waals surface area contributed by atoms with Crippen molar-refractivity contribution < 1.29 is 19.4 Å². The fourth-order valence-electron chi connectivity index (χ4n) is 1.92. The first-order chi connectivity index (χ1) is 12.5.